The molecule has 0 aliphatic carbocycles. The minimum absolute atomic E-state index is 0.118. The molecule has 2 N–H and O–H groups in total. The Morgan fingerprint density at radius 3 is 2.85 bits per heavy atom. The van der Waals surface area contributed by atoms with Crippen molar-refractivity contribution >= 4 is 21.6 Å². The first-order valence-electron chi connectivity index (χ1n) is 6.19. The Hall–Kier alpha value is -1.67. The van der Waals surface area contributed by atoms with E-state index in [2.05, 4.69) is 31.4 Å². The molecule has 2 rings (SSSR count). The zero-order chi connectivity index (χ0) is 14.5. The Morgan fingerprint density at radius 2 is 2.20 bits per heavy atom. The standard InChI is InChI=1S/C12H16BrN5O2/c1-17-8-9(6-15-17)2-3-14-10-7-16-18(4-5-19)12(20)11(10)13/h6-8,14,19H,2-5H2,1H3. The number of rotatable bonds is 6. The van der Waals surface area contributed by atoms with Gasteiger partial charge in [-0.05, 0) is 27.9 Å². The molecular formula is C12H16BrN5O2. The van der Waals surface area contributed by atoms with Gasteiger partial charge in [-0.25, -0.2) is 4.68 Å². The van der Waals surface area contributed by atoms with Crippen molar-refractivity contribution in [3.8, 4) is 0 Å². The highest BCUT2D eigenvalue weighted by Crippen LogP contribution is 2.16. The number of halogens is 1. The summed E-state index contributed by atoms with van der Waals surface area (Å²) in [6.07, 6.45) is 6.15. The van der Waals surface area contributed by atoms with E-state index < -0.39 is 0 Å². The molecule has 0 aromatic carbocycles. The third-order valence-electron chi connectivity index (χ3n) is 2.78. The molecule has 0 fully saturated rings. The highest BCUT2D eigenvalue weighted by atomic mass is 79.9. The third kappa shape index (κ3) is 3.45. The molecule has 0 amide bonds. The summed E-state index contributed by atoms with van der Waals surface area (Å²) in [5.41, 5.74) is 1.51. The van der Waals surface area contributed by atoms with E-state index in [4.69, 9.17) is 5.11 Å². The normalized spacial score (nSPS) is 10.8. The average Bonchev–Trinajstić information content (AvgIpc) is 2.84. The molecule has 0 bridgehead atoms. The maximum atomic E-state index is 11.9. The maximum Gasteiger partial charge on any atom is 0.283 e. The van der Waals surface area contributed by atoms with Crippen LogP contribution in [0.1, 0.15) is 5.56 Å². The van der Waals surface area contributed by atoms with Gasteiger partial charge in [-0.2, -0.15) is 10.2 Å². The van der Waals surface area contributed by atoms with Crippen LogP contribution in [0.5, 0.6) is 0 Å². The molecule has 20 heavy (non-hydrogen) atoms. The minimum Gasteiger partial charge on any atom is -0.394 e. The van der Waals surface area contributed by atoms with Crippen LogP contribution < -0.4 is 10.9 Å². The van der Waals surface area contributed by atoms with Gasteiger partial charge in [-0.15, -0.1) is 0 Å². The van der Waals surface area contributed by atoms with Crippen molar-refractivity contribution in [2.24, 2.45) is 7.05 Å². The van der Waals surface area contributed by atoms with E-state index in [-0.39, 0.29) is 18.7 Å². The number of anilines is 1. The predicted octanol–water partition coefficient (Wildman–Crippen LogP) is 0.386. The van der Waals surface area contributed by atoms with Crippen molar-refractivity contribution in [2.45, 2.75) is 13.0 Å². The molecule has 2 aromatic heterocycles. The van der Waals surface area contributed by atoms with Gasteiger partial charge < -0.3 is 10.4 Å². The van der Waals surface area contributed by atoms with Crippen molar-refractivity contribution in [2.75, 3.05) is 18.5 Å². The second-order valence-corrected chi connectivity index (χ2v) is 5.12. The monoisotopic (exact) mass is 341 g/mol. The molecule has 0 saturated heterocycles. The van der Waals surface area contributed by atoms with Crippen LogP contribution >= 0.6 is 15.9 Å². The Labute approximate surface area is 124 Å². The summed E-state index contributed by atoms with van der Waals surface area (Å²) in [7, 11) is 1.87. The van der Waals surface area contributed by atoms with E-state index in [1.807, 2.05) is 19.4 Å². The summed E-state index contributed by atoms with van der Waals surface area (Å²) < 4.78 is 3.39. The van der Waals surface area contributed by atoms with Crippen LogP contribution in [0, 0.1) is 0 Å². The fourth-order valence-electron chi connectivity index (χ4n) is 1.78. The molecule has 0 atom stereocenters. The van der Waals surface area contributed by atoms with Crippen LogP contribution in [0.25, 0.3) is 0 Å². The molecule has 7 nitrogen and oxygen atoms in total. The van der Waals surface area contributed by atoms with Gasteiger partial charge in [-0.3, -0.25) is 9.48 Å². The smallest absolute Gasteiger partial charge is 0.283 e. The number of aliphatic hydroxyl groups excluding tert-OH is 1. The summed E-state index contributed by atoms with van der Waals surface area (Å²) in [4.78, 5) is 11.9. The second-order valence-electron chi connectivity index (χ2n) is 4.32. The van der Waals surface area contributed by atoms with Crippen molar-refractivity contribution in [1.29, 1.82) is 0 Å². The van der Waals surface area contributed by atoms with Gasteiger partial charge in [-0.1, -0.05) is 0 Å². The lowest BCUT2D eigenvalue weighted by atomic mass is 10.2. The van der Waals surface area contributed by atoms with Gasteiger partial charge in [0.2, 0.25) is 0 Å². The van der Waals surface area contributed by atoms with Gasteiger partial charge in [0.1, 0.15) is 4.47 Å². The lowest BCUT2D eigenvalue weighted by Crippen LogP contribution is -2.26. The Balaban J connectivity index is 1.99. The number of nitrogens with one attached hydrogen (secondary N) is 1. The molecule has 0 radical (unpaired) electrons. The first kappa shape index (κ1) is 14.7. The SMILES string of the molecule is Cn1cc(CCNc2cnn(CCO)c(=O)c2Br)cn1. The van der Waals surface area contributed by atoms with Crippen LogP contribution in [0.2, 0.25) is 0 Å². The summed E-state index contributed by atoms with van der Waals surface area (Å²) >= 11 is 3.26. The summed E-state index contributed by atoms with van der Waals surface area (Å²) in [5, 5.41) is 20.1. The number of aryl methyl sites for hydroxylation is 1. The quantitative estimate of drug-likeness (QED) is 0.793. The average molecular weight is 342 g/mol. The first-order valence-corrected chi connectivity index (χ1v) is 6.99. The van der Waals surface area contributed by atoms with Gasteiger partial charge >= 0.3 is 0 Å². The fourth-order valence-corrected chi connectivity index (χ4v) is 2.23. The fraction of sp³-hybridized carbons (Fsp3) is 0.417. The number of aromatic nitrogens is 4. The van der Waals surface area contributed by atoms with Crippen LogP contribution in [0.3, 0.4) is 0 Å². The predicted molar refractivity (Wildman–Crippen MR) is 78.7 cm³/mol. The number of hydrogen-bond donors (Lipinski definition) is 2. The Bertz CT molecular complexity index is 637. The van der Waals surface area contributed by atoms with Crippen LogP contribution in [0.15, 0.2) is 27.9 Å². The van der Waals surface area contributed by atoms with Gasteiger partial charge in [0.05, 0.1) is 31.2 Å². The number of hydrogen-bond acceptors (Lipinski definition) is 5. The zero-order valence-electron chi connectivity index (χ0n) is 11.1. The molecule has 0 aliphatic rings. The van der Waals surface area contributed by atoms with Crippen molar-refractivity contribution < 1.29 is 5.11 Å². The molecule has 0 saturated carbocycles. The number of aliphatic hydroxyl groups is 1. The largest absolute Gasteiger partial charge is 0.394 e. The summed E-state index contributed by atoms with van der Waals surface area (Å²) in [6, 6.07) is 0. The van der Waals surface area contributed by atoms with Crippen molar-refractivity contribution in [3.63, 3.8) is 0 Å². The summed E-state index contributed by atoms with van der Waals surface area (Å²) in [6.45, 7) is 0.746. The van der Waals surface area contributed by atoms with Crippen LogP contribution in [-0.2, 0) is 20.0 Å². The van der Waals surface area contributed by atoms with Crippen LogP contribution in [-0.4, -0.2) is 37.8 Å². The van der Waals surface area contributed by atoms with E-state index in [9.17, 15) is 4.79 Å². The Kier molecular flexibility index (Phi) is 4.91. The van der Waals surface area contributed by atoms with Crippen molar-refractivity contribution in [1.82, 2.24) is 19.6 Å². The summed E-state index contributed by atoms with van der Waals surface area (Å²) in [5.74, 6) is 0. The first-order chi connectivity index (χ1) is 9.61. The molecular weight excluding hydrogens is 326 g/mol. The maximum absolute atomic E-state index is 11.9. The van der Waals surface area contributed by atoms with Gasteiger partial charge in [0.25, 0.3) is 5.56 Å². The highest BCUT2D eigenvalue weighted by molar-refractivity contribution is 9.10. The topological polar surface area (TPSA) is 85.0 Å². The molecule has 2 heterocycles. The van der Waals surface area contributed by atoms with E-state index in [1.165, 1.54) is 4.68 Å². The minimum atomic E-state index is -0.259. The van der Waals surface area contributed by atoms with E-state index >= 15 is 0 Å². The van der Waals surface area contributed by atoms with E-state index in [0.717, 1.165) is 12.0 Å². The molecule has 2 aromatic rings. The molecule has 108 valence electrons. The highest BCUT2D eigenvalue weighted by Gasteiger charge is 2.08. The zero-order valence-corrected chi connectivity index (χ0v) is 12.7. The Morgan fingerprint density at radius 1 is 1.40 bits per heavy atom. The van der Waals surface area contributed by atoms with Crippen molar-refractivity contribution in [3.05, 3.63) is 39.0 Å². The third-order valence-corrected chi connectivity index (χ3v) is 3.55. The second kappa shape index (κ2) is 6.67. The molecule has 0 aliphatic heterocycles. The molecule has 0 unspecified atom stereocenters. The van der Waals surface area contributed by atoms with Gasteiger partial charge in [0.15, 0.2) is 0 Å². The van der Waals surface area contributed by atoms with Gasteiger partial charge in [0, 0.05) is 19.8 Å². The molecule has 8 heteroatoms. The lowest BCUT2D eigenvalue weighted by molar-refractivity contribution is 0.266. The van der Waals surface area contributed by atoms with E-state index in [1.54, 1.807) is 10.9 Å². The number of nitrogens with zero attached hydrogens (tertiary/aromatic N) is 4. The van der Waals surface area contributed by atoms with Crippen LogP contribution in [0.4, 0.5) is 5.69 Å². The lowest BCUT2D eigenvalue weighted by Gasteiger charge is -2.09. The van der Waals surface area contributed by atoms with E-state index in [0.29, 0.717) is 16.7 Å². The molecule has 0 spiro atoms.